The van der Waals surface area contributed by atoms with Crippen molar-refractivity contribution < 1.29 is 19.1 Å². The van der Waals surface area contributed by atoms with E-state index in [1.54, 1.807) is 31.2 Å². The maximum atomic E-state index is 13.2. The highest BCUT2D eigenvalue weighted by molar-refractivity contribution is 6.22. The number of urea groups is 1. The van der Waals surface area contributed by atoms with Crippen LogP contribution in [0.2, 0.25) is 0 Å². The van der Waals surface area contributed by atoms with E-state index < -0.39 is 23.3 Å². The van der Waals surface area contributed by atoms with Crippen molar-refractivity contribution in [3.8, 4) is 0 Å². The molecule has 0 aromatic heterocycles. The number of hydrogen-bond acceptors (Lipinski definition) is 5. The van der Waals surface area contributed by atoms with Gasteiger partial charge in [-0.25, -0.2) is 9.69 Å². The van der Waals surface area contributed by atoms with Crippen molar-refractivity contribution in [2.75, 3.05) is 33.0 Å². The number of carbonyl (C=O) groups is 3. The van der Waals surface area contributed by atoms with Crippen LogP contribution in [0.5, 0.6) is 0 Å². The van der Waals surface area contributed by atoms with E-state index in [-0.39, 0.29) is 13.1 Å². The number of nitrogens with one attached hydrogen (secondary N) is 1. The number of carbonyl (C=O) groups excluding carboxylic acids is 3. The van der Waals surface area contributed by atoms with Crippen molar-refractivity contribution in [1.29, 1.82) is 0 Å². The minimum Gasteiger partial charge on any atom is -0.379 e. The van der Waals surface area contributed by atoms with E-state index in [1.807, 2.05) is 11.0 Å². The summed E-state index contributed by atoms with van der Waals surface area (Å²) in [4.78, 5) is 41.1. The number of rotatable bonds is 4. The van der Waals surface area contributed by atoms with Gasteiger partial charge in [-0.15, -0.1) is 0 Å². The lowest BCUT2D eigenvalue weighted by Gasteiger charge is -2.41. The Morgan fingerprint density at radius 1 is 1.12 bits per heavy atom. The standard InChI is InChI=1S/C17H21N3O4/c1-2-17(13-6-4-3-5-7-13)14(21)18-16(23)20(15(17)22)12-19-8-10-24-11-9-19/h3-7H,2,8-12H2,1H3,(H,18,21,23)/t17-/m0/s1. The van der Waals surface area contributed by atoms with E-state index in [0.717, 1.165) is 4.90 Å². The summed E-state index contributed by atoms with van der Waals surface area (Å²) >= 11 is 0. The van der Waals surface area contributed by atoms with Crippen LogP contribution in [0.25, 0.3) is 0 Å². The first-order valence-corrected chi connectivity index (χ1v) is 8.12. The molecule has 0 radical (unpaired) electrons. The second kappa shape index (κ2) is 6.70. The minimum absolute atomic E-state index is 0.163. The van der Waals surface area contributed by atoms with Crippen LogP contribution in [0.3, 0.4) is 0 Å². The summed E-state index contributed by atoms with van der Waals surface area (Å²) in [7, 11) is 0. The van der Waals surface area contributed by atoms with Crippen molar-refractivity contribution >= 4 is 17.8 Å². The summed E-state index contributed by atoms with van der Waals surface area (Å²) in [6, 6.07) is 8.25. The smallest absolute Gasteiger partial charge is 0.331 e. The SMILES string of the molecule is CC[C@]1(c2ccccc2)C(=O)NC(=O)N(CN2CCOCC2)C1=O. The van der Waals surface area contributed by atoms with Gasteiger partial charge in [-0.3, -0.25) is 19.8 Å². The number of ether oxygens (including phenoxy) is 1. The summed E-state index contributed by atoms with van der Waals surface area (Å²) in [5.74, 6) is -1.01. The van der Waals surface area contributed by atoms with Crippen molar-refractivity contribution in [3.63, 3.8) is 0 Å². The fraction of sp³-hybridized carbons (Fsp3) is 0.471. The molecule has 2 aliphatic rings. The Kier molecular flexibility index (Phi) is 4.64. The molecule has 1 aromatic rings. The number of imide groups is 2. The van der Waals surface area contributed by atoms with Crippen molar-refractivity contribution in [3.05, 3.63) is 35.9 Å². The van der Waals surface area contributed by atoms with E-state index in [4.69, 9.17) is 4.74 Å². The van der Waals surface area contributed by atoms with E-state index in [1.165, 1.54) is 0 Å². The molecule has 2 fully saturated rings. The maximum absolute atomic E-state index is 13.2. The summed E-state index contributed by atoms with van der Waals surface area (Å²) in [5.41, 5.74) is -0.754. The summed E-state index contributed by atoms with van der Waals surface area (Å²) in [6.07, 6.45) is 0.286. The third-order valence-corrected chi connectivity index (χ3v) is 4.71. The monoisotopic (exact) mass is 331 g/mol. The van der Waals surface area contributed by atoms with Crippen LogP contribution in [0, 0.1) is 0 Å². The fourth-order valence-corrected chi connectivity index (χ4v) is 3.26. The number of benzene rings is 1. The summed E-state index contributed by atoms with van der Waals surface area (Å²) in [6.45, 7) is 4.38. The Labute approximate surface area is 140 Å². The zero-order valence-corrected chi connectivity index (χ0v) is 13.7. The van der Waals surface area contributed by atoms with Gasteiger partial charge in [-0.05, 0) is 12.0 Å². The molecule has 2 heterocycles. The van der Waals surface area contributed by atoms with Crippen LogP contribution < -0.4 is 5.32 Å². The highest BCUT2D eigenvalue weighted by Crippen LogP contribution is 2.33. The molecule has 1 aromatic carbocycles. The van der Waals surface area contributed by atoms with E-state index in [0.29, 0.717) is 31.9 Å². The molecule has 3 rings (SSSR count). The quantitative estimate of drug-likeness (QED) is 0.822. The molecule has 0 aliphatic carbocycles. The van der Waals surface area contributed by atoms with Gasteiger partial charge in [0.1, 0.15) is 0 Å². The average molecular weight is 331 g/mol. The fourth-order valence-electron chi connectivity index (χ4n) is 3.26. The predicted molar refractivity (Wildman–Crippen MR) is 86.1 cm³/mol. The van der Waals surface area contributed by atoms with Crippen LogP contribution in [0.1, 0.15) is 18.9 Å². The van der Waals surface area contributed by atoms with Gasteiger partial charge in [0.15, 0.2) is 5.41 Å². The van der Waals surface area contributed by atoms with E-state index in [9.17, 15) is 14.4 Å². The Hall–Kier alpha value is -2.25. The number of morpholine rings is 1. The molecule has 24 heavy (non-hydrogen) atoms. The highest BCUT2D eigenvalue weighted by atomic mass is 16.5. The van der Waals surface area contributed by atoms with Crippen molar-refractivity contribution in [2.24, 2.45) is 0 Å². The van der Waals surface area contributed by atoms with Crippen LogP contribution >= 0.6 is 0 Å². The van der Waals surface area contributed by atoms with Crippen LogP contribution in [-0.4, -0.2) is 60.6 Å². The van der Waals surface area contributed by atoms with Gasteiger partial charge in [-0.1, -0.05) is 37.3 Å². The number of amides is 4. The van der Waals surface area contributed by atoms with Gasteiger partial charge in [0.25, 0.3) is 5.91 Å². The second-order valence-corrected chi connectivity index (χ2v) is 5.99. The zero-order valence-electron chi connectivity index (χ0n) is 13.7. The second-order valence-electron chi connectivity index (χ2n) is 5.99. The molecule has 1 atom stereocenters. The van der Waals surface area contributed by atoms with Crippen LogP contribution in [0.15, 0.2) is 30.3 Å². The van der Waals surface area contributed by atoms with Gasteiger partial charge in [0.2, 0.25) is 5.91 Å². The molecule has 128 valence electrons. The summed E-state index contributed by atoms with van der Waals surface area (Å²) < 4.78 is 5.29. The number of nitrogens with zero attached hydrogens (tertiary/aromatic N) is 2. The normalized spacial score (nSPS) is 25.7. The summed E-state index contributed by atoms with van der Waals surface area (Å²) in [5, 5.41) is 2.36. The van der Waals surface area contributed by atoms with Gasteiger partial charge < -0.3 is 4.74 Å². The first-order chi connectivity index (χ1) is 11.6. The molecule has 2 saturated heterocycles. The molecule has 1 N–H and O–H groups in total. The molecule has 7 nitrogen and oxygen atoms in total. The van der Waals surface area contributed by atoms with E-state index in [2.05, 4.69) is 5.32 Å². The minimum atomic E-state index is -1.36. The Bertz CT molecular complexity index is 642. The highest BCUT2D eigenvalue weighted by Gasteiger charge is 2.54. The van der Waals surface area contributed by atoms with Crippen molar-refractivity contribution in [1.82, 2.24) is 15.1 Å². The van der Waals surface area contributed by atoms with Gasteiger partial charge in [0.05, 0.1) is 19.9 Å². The molecule has 0 saturated carbocycles. The van der Waals surface area contributed by atoms with E-state index >= 15 is 0 Å². The molecular formula is C17H21N3O4. The largest absolute Gasteiger partial charge is 0.379 e. The molecule has 0 spiro atoms. The number of hydrogen-bond donors (Lipinski definition) is 1. The lowest BCUT2D eigenvalue weighted by Crippen LogP contribution is -2.67. The molecule has 0 bridgehead atoms. The first-order valence-electron chi connectivity index (χ1n) is 8.12. The Morgan fingerprint density at radius 2 is 1.79 bits per heavy atom. The van der Waals surface area contributed by atoms with Crippen LogP contribution in [-0.2, 0) is 19.7 Å². The third kappa shape index (κ3) is 2.70. The zero-order chi connectivity index (χ0) is 17.2. The molecular weight excluding hydrogens is 310 g/mol. The van der Waals surface area contributed by atoms with Crippen molar-refractivity contribution in [2.45, 2.75) is 18.8 Å². The predicted octanol–water partition coefficient (Wildman–Crippen LogP) is 0.702. The molecule has 2 aliphatic heterocycles. The third-order valence-electron chi connectivity index (χ3n) is 4.71. The lowest BCUT2D eigenvalue weighted by molar-refractivity contribution is -0.147. The Balaban J connectivity index is 1.92. The van der Waals surface area contributed by atoms with Gasteiger partial charge >= 0.3 is 6.03 Å². The topological polar surface area (TPSA) is 79.0 Å². The molecule has 7 heteroatoms. The molecule has 4 amide bonds. The van der Waals surface area contributed by atoms with Gasteiger partial charge in [0, 0.05) is 13.1 Å². The maximum Gasteiger partial charge on any atom is 0.331 e. The van der Waals surface area contributed by atoms with Crippen LogP contribution in [0.4, 0.5) is 4.79 Å². The van der Waals surface area contributed by atoms with Gasteiger partial charge in [-0.2, -0.15) is 0 Å². The lowest BCUT2D eigenvalue weighted by atomic mass is 9.75. The number of barbiturate groups is 1. The Morgan fingerprint density at radius 3 is 2.42 bits per heavy atom. The average Bonchev–Trinajstić information content (AvgIpc) is 2.61. The first kappa shape index (κ1) is 16.6. The molecule has 0 unspecified atom stereocenters.